The number of aliphatic hydroxyl groups excluding tert-OH is 1. The van der Waals surface area contributed by atoms with Gasteiger partial charge in [-0.15, -0.1) is 11.8 Å². The maximum absolute atomic E-state index is 12.0. The Kier molecular flexibility index (Phi) is 4.34. The number of rotatable bonds is 3. The molecule has 2 heterocycles. The number of fused-ring (bicyclic) bond motifs is 1. The maximum atomic E-state index is 12.0. The van der Waals surface area contributed by atoms with Gasteiger partial charge in [-0.3, -0.25) is 0 Å². The summed E-state index contributed by atoms with van der Waals surface area (Å²) in [5, 5.41) is 15.3. The molecule has 114 valence electrons. The lowest BCUT2D eigenvalue weighted by Gasteiger charge is -2.17. The van der Waals surface area contributed by atoms with Crippen molar-refractivity contribution in [3.05, 3.63) is 24.3 Å². The lowest BCUT2D eigenvalue weighted by atomic mass is 10.1. The van der Waals surface area contributed by atoms with E-state index in [9.17, 15) is 9.90 Å². The summed E-state index contributed by atoms with van der Waals surface area (Å²) in [5.41, 5.74) is 0.738. The molecule has 3 rings (SSSR count). The average molecular weight is 310 g/mol. The Morgan fingerprint density at radius 2 is 2.14 bits per heavy atom. The highest BCUT2D eigenvalue weighted by molar-refractivity contribution is 7.98. The Morgan fingerprint density at radius 3 is 2.95 bits per heavy atom. The summed E-state index contributed by atoms with van der Waals surface area (Å²) >= 11 is 1.62. The Morgan fingerprint density at radius 1 is 1.33 bits per heavy atom. The number of benzene rings is 1. The van der Waals surface area contributed by atoms with Crippen LogP contribution in [-0.2, 0) is 9.47 Å². The van der Waals surface area contributed by atoms with E-state index in [4.69, 9.17) is 9.47 Å². The summed E-state index contributed by atoms with van der Waals surface area (Å²) < 4.78 is 10.9. The number of aliphatic hydroxyl groups is 1. The monoisotopic (exact) mass is 310 g/mol. The molecule has 21 heavy (non-hydrogen) atoms. The van der Waals surface area contributed by atoms with E-state index in [1.54, 1.807) is 11.8 Å². The molecular weight excluding hydrogens is 292 g/mol. The minimum atomic E-state index is -0.608. The molecule has 4 atom stereocenters. The van der Waals surface area contributed by atoms with Crippen molar-refractivity contribution in [1.82, 2.24) is 5.32 Å². The normalized spacial score (nSPS) is 31.0. The molecule has 0 aliphatic carbocycles. The van der Waals surface area contributed by atoms with E-state index < -0.39 is 6.10 Å². The van der Waals surface area contributed by atoms with Crippen molar-refractivity contribution in [1.29, 1.82) is 0 Å². The van der Waals surface area contributed by atoms with Gasteiger partial charge >= 0.3 is 6.03 Å². The first kappa shape index (κ1) is 14.6. The molecule has 2 saturated heterocycles. The van der Waals surface area contributed by atoms with Gasteiger partial charge in [-0.25, -0.2) is 4.79 Å². The van der Waals surface area contributed by atoms with E-state index >= 15 is 0 Å². The number of hydrogen-bond donors (Lipinski definition) is 3. The first-order valence-corrected chi connectivity index (χ1v) is 8.02. The molecule has 6 nitrogen and oxygen atoms in total. The molecular formula is C14H18N2O4S. The lowest BCUT2D eigenvalue weighted by Crippen LogP contribution is -2.46. The largest absolute Gasteiger partial charge is 0.388 e. The number of nitrogens with one attached hydrogen (secondary N) is 2. The van der Waals surface area contributed by atoms with Crippen molar-refractivity contribution in [3.63, 3.8) is 0 Å². The zero-order valence-electron chi connectivity index (χ0n) is 11.6. The highest BCUT2D eigenvalue weighted by atomic mass is 32.2. The first-order valence-electron chi connectivity index (χ1n) is 6.80. The van der Waals surface area contributed by atoms with E-state index in [1.165, 1.54) is 0 Å². The Balaban J connectivity index is 1.57. The average Bonchev–Trinajstić information content (AvgIpc) is 3.03. The molecule has 3 N–H and O–H groups in total. The zero-order chi connectivity index (χ0) is 14.8. The third kappa shape index (κ3) is 3.16. The number of hydrogen-bond acceptors (Lipinski definition) is 5. The minimum absolute atomic E-state index is 0.240. The molecule has 2 fully saturated rings. The van der Waals surface area contributed by atoms with E-state index in [0.29, 0.717) is 6.61 Å². The standard InChI is InChI=1S/C14H18N2O4S/c1-21-9-4-2-3-8(5-9)15-14(18)16-10-6-19-13-11(17)7-20-12(10)13/h2-5,10-13,17H,6-7H2,1H3,(H2,15,16,18). The number of carbonyl (C=O) groups is 1. The third-order valence-electron chi connectivity index (χ3n) is 3.67. The van der Waals surface area contributed by atoms with Gasteiger partial charge in [0.15, 0.2) is 0 Å². The smallest absolute Gasteiger partial charge is 0.319 e. The van der Waals surface area contributed by atoms with Crippen LogP contribution in [0, 0.1) is 0 Å². The molecule has 1 aromatic rings. The summed E-state index contributed by atoms with van der Waals surface area (Å²) in [5.74, 6) is 0. The summed E-state index contributed by atoms with van der Waals surface area (Å²) in [4.78, 5) is 13.1. The second-order valence-electron chi connectivity index (χ2n) is 5.10. The first-order chi connectivity index (χ1) is 10.2. The predicted octanol–water partition coefficient (Wildman–Crippen LogP) is 1.06. The zero-order valence-corrected chi connectivity index (χ0v) is 12.4. The van der Waals surface area contributed by atoms with Gasteiger partial charge in [0.2, 0.25) is 0 Å². The summed E-state index contributed by atoms with van der Waals surface area (Å²) in [6.07, 6.45) is 0.763. The minimum Gasteiger partial charge on any atom is -0.388 e. The molecule has 2 aliphatic rings. The van der Waals surface area contributed by atoms with E-state index in [1.807, 2.05) is 30.5 Å². The molecule has 2 amide bonds. The summed E-state index contributed by atoms with van der Waals surface area (Å²) in [7, 11) is 0. The van der Waals surface area contributed by atoms with Crippen LogP contribution in [0.1, 0.15) is 0 Å². The number of anilines is 1. The summed E-state index contributed by atoms with van der Waals surface area (Å²) in [6.45, 7) is 0.607. The van der Waals surface area contributed by atoms with Gasteiger partial charge in [-0.2, -0.15) is 0 Å². The van der Waals surface area contributed by atoms with Gasteiger partial charge in [-0.05, 0) is 24.5 Å². The predicted molar refractivity (Wildman–Crippen MR) is 79.7 cm³/mol. The Labute approximate surface area is 127 Å². The molecule has 7 heteroatoms. The molecule has 4 unspecified atom stereocenters. The number of thioether (sulfide) groups is 1. The molecule has 2 aliphatic heterocycles. The molecule has 1 aromatic carbocycles. The number of carbonyl (C=O) groups excluding carboxylic acids is 1. The maximum Gasteiger partial charge on any atom is 0.319 e. The van der Waals surface area contributed by atoms with Crippen LogP contribution in [0.2, 0.25) is 0 Å². The SMILES string of the molecule is CSc1cccc(NC(=O)NC2COC3C(O)COC23)c1. The number of ether oxygens (including phenoxy) is 2. The fourth-order valence-electron chi connectivity index (χ4n) is 2.64. The Hall–Kier alpha value is -1.28. The van der Waals surface area contributed by atoms with Gasteiger partial charge in [0.25, 0.3) is 0 Å². The van der Waals surface area contributed by atoms with Crippen LogP contribution in [0.25, 0.3) is 0 Å². The van der Waals surface area contributed by atoms with Crippen molar-refractivity contribution in [2.24, 2.45) is 0 Å². The highest BCUT2D eigenvalue weighted by Gasteiger charge is 2.47. The Bertz CT molecular complexity index is 527. The fraction of sp³-hybridized carbons (Fsp3) is 0.500. The van der Waals surface area contributed by atoms with Crippen molar-refractivity contribution >= 4 is 23.5 Å². The number of urea groups is 1. The van der Waals surface area contributed by atoms with Crippen LogP contribution in [0.5, 0.6) is 0 Å². The van der Waals surface area contributed by atoms with Gasteiger partial charge < -0.3 is 25.2 Å². The highest BCUT2D eigenvalue weighted by Crippen LogP contribution is 2.27. The summed E-state index contributed by atoms with van der Waals surface area (Å²) in [6, 6.07) is 7.09. The van der Waals surface area contributed by atoms with E-state index in [0.717, 1.165) is 10.6 Å². The fourth-order valence-corrected chi connectivity index (χ4v) is 3.10. The van der Waals surface area contributed by atoms with Crippen molar-refractivity contribution < 1.29 is 19.4 Å². The van der Waals surface area contributed by atoms with Crippen molar-refractivity contribution in [3.8, 4) is 0 Å². The van der Waals surface area contributed by atoms with Crippen LogP contribution in [-0.4, -0.2) is 55.0 Å². The van der Waals surface area contributed by atoms with Gasteiger partial charge in [0.05, 0.1) is 19.3 Å². The van der Waals surface area contributed by atoms with E-state index in [2.05, 4.69) is 10.6 Å². The van der Waals surface area contributed by atoms with Gasteiger partial charge in [0, 0.05) is 10.6 Å². The topological polar surface area (TPSA) is 79.8 Å². The van der Waals surface area contributed by atoms with Crippen LogP contribution in [0.15, 0.2) is 29.2 Å². The molecule has 0 aromatic heterocycles. The van der Waals surface area contributed by atoms with E-state index in [-0.39, 0.29) is 30.9 Å². The van der Waals surface area contributed by atoms with Crippen LogP contribution < -0.4 is 10.6 Å². The lowest BCUT2D eigenvalue weighted by molar-refractivity contribution is 0.0180. The molecule has 0 saturated carbocycles. The van der Waals surface area contributed by atoms with Crippen molar-refractivity contribution in [2.45, 2.75) is 29.2 Å². The third-order valence-corrected chi connectivity index (χ3v) is 4.40. The van der Waals surface area contributed by atoms with Crippen LogP contribution in [0.4, 0.5) is 10.5 Å². The molecule has 0 spiro atoms. The van der Waals surface area contributed by atoms with Crippen molar-refractivity contribution in [2.75, 3.05) is 24.8 Å². The quantitative estimate of drug-likeness (QED) is 0.728. The molecule has 0 bridgehead atoms. The number of amides is 2. The van der Waals surface area contributed by atoms with Crippen LogP contribution in [0.3, 0.4) is 0 Å². The van der Waals surface area contributed by atoms with Crippen LogP contribution >= 0.6 is 11.8 Å². The van der Waals surface area contributed by atoms with Gasteiger partial charge in [0.1, 0.15) is 18.3 Å². The second kappa shape index (κ2) is 6.23. The second-order valence-corrected chi connectivity index (χ2v) is 5.98. The molecule has 0 radical (unpaired) electrons. The van der Waals surface area contributed by atoms with Gasteiger partial charge in [-0.1, -0.05) is 6.07 Å².